The molecule has 0 atom stereocenters. The number of carbonyl (C=O) groups excluding carboxylic acids is 4. The number of pyridine rings is 1. The Morgan fingerprint density at radius 2 is 1.32 bits per heavy atom. The standard InChI is InChI=1S/C8H9NO.C4F6O2.C2HF3O/c1-7(10)5-8-3-2-4-9-6-8;5-3(6,7)1(11)2(12)4(8,9)10;3-2(4,5)1-6/h2-4,6H,5H2,1H3;;1H. The molecule has 158 valence electrons. The van der Waals surface area contributed by atoms with Crippen molar-refractivity contribution in [1.82, 2.24) is 4.98 Å². The minimum absolute atomic E-state index is 0.174. The van der Waals surface area contributed by atoms with Crippen molar-refractivity contribution in [3.05, 3.63) is 30.1 Å². The van der Waals surface area contributed by atoms with Crippen molar-refractivity contribution < 1.29 is 58.7 Å². The summed E-state index contributed by atoms with van der Waals surface area (Å²) < 4.78 is 98.2. The average Bonchev–Trinajstić information content (AvgIpc) is 2.52. The predicted molar refractivity (Wildman–Crippen MR) is 72.9 cm³/mol. The molecule has 5 nitrogen and oxygen atoms in total. The minimum Gasteiger partial charge on any atom is -0.300 e. The summed E-state index contributed by atoms with van der Waals surface area (Å²) in [4.78, 5) is 42.4. The third kappa shape index (κ3) is 14.4. The Labute approximate surface area is 150 Å². The highest BCUT2D eigenvalue weighted by atomic mass is 19.4. The molecule has 0 amide bonds. The van der Waals surface area contributed by atoms with Gasteiger partial charge in [-0.3, -0.25) is 24.2 Å². The van der Waals surface area contributed by atoms with Crippen LogP contribution in [-0.2, 0) is 25.6 Å². The summed E-state index contributed by atoms with van der Waals surface area (Å²) in [5.74, 6) is -6.64. The van der Waals surface area contributed by atoms with E-state index in [2.05, 4.69) is 4.98 Å². The van der Waals surface area contributed by atoms with E-state index in [0.717, 1.165) is 5.56 Å². The van der Waals surface area contributed by atoms with E-state index in [-0.39, 0.29) is 5.78 Å². The fourth-order valence-corrected chi connectivity index (χ4v) is 1.05. The molecule has 0 aromatic carbocycles. The maximum Gasteiger partial charge on any atom is 0.458 e. The van der Waals surface area contributed by atoms with Crippen molar-refractivity contribution in [1.29, 1.82) is 0 Å². The van der Waals surface area contributed by atoms with E-state index in [9.17, 15) is 53.9 Å². The highest BCUT2D eigenvalue weighted by Gasteiger charge is 2.54. The molecule has 1 aromatic rings. The summed E-state index contributed by atoms with van der Waals surface area (Å²) >= 11 is 0. The molecule has 28 heavy (non-hydrogen) atoms. The second-order valence-electron chi connectivity index (χ2n) is 4.55. The van der Waals surface area contributed by atoms with Crippen molar-refractivity contribution in [2.45, 2.75) is 31.9 Å². The Kier molecular flexibility index (Phi) is 10.9. The highest BCUT2D eigenvalue weighted by molar-refractivity contribution is 6.41. The first kappa shape index (κ1) is 27.4. The van der Waals surface area contributed by atoms with Gasteiger partial charge in [0.2, 0.25) is 6.29 Å². The van der Waals surface area contributed by atoms with E-state index in [1.807, 2.05) is 12.1 Å². The lowest BCUT2D eigenvalue weighted by Crippen LogP contribution is -2.39. The van der Waals surface area contributed by atoms with Gasteiger partial charge >= 0.3 is 30.1 Å². The molecule has 0 radical (unpaired) electrons. The lowest BCUT2D eigenvalue weighted by atomic mass is 10.2. The Bertz CT molecular complexity index is 640. The zero-order valence-corrected chi connectivity index (χ0v) is 13.6. The molecule has 1 aromatic heterocycles. The van der Waals surface area contributed by atoms with Gasteiger partial charge in [-0.15, -0.1) is 0 Å². The number of Topliss-reactive ketones (excluding diaryl/α,β-unsaturated/α-hetero) is 3. The summed E-state index contributed by atoms with van der Waals surface area (Å²) in [6.45, 7) is 1.58. The average molecular weight is 427 g/mol. The van der Waals surface area contributed by atoms with Gasteiger partial charge in [-0.2, -0.15) is 39.5 Å². The zero-order valence-electron chi connectivity index (χ0n) is 13.6. The number of hydrogen-bond donors (Lipinski definition) is 0. The molecule has 0 aliphatic heterocycles. The third-order valence-corrected chi connectivity index (χ3v) is 2.03. The SMILES string of the molecule is CC(=O)Cc1cccnc1.O=C(C(=O)C(F)(F)F)C(F)(F)F.O=CC(F)(F)F. The number of carbonyl (C=O) groups is 4. The summed E-state index contributed by atoms with van der Waals surface area (Å²) in [5, 5.41) is 0. The summed E-state index contributed by atoms with van der Waals surface area (Å²) in [6.07, 6.45) is -13.3. The molecule has 0 unspecified atom stereocenters. The number of ketones is 3. The molecule has 0 bridgehead atoms. The van der Waals surface area contributed by atoms with E-state index < -0.39 is 36.4 Å². The number of alkyl halides is 9. The van der Waals surface area contributed by atoms with Crippen molar-refractivity contribution in [3.8, 4) is 0 Å². The number of nitrogens with zero attached hydrogens (tertiary/aromatic N) is 1. The van der Waals surface area contributed by atoms with Crippen LogP contribution in [0.3, 0.4) is 0 Å². The molecule has 0 saturated heterocycles. The van der Waals surface area contributed by atoms with Gasteiger partial charge in [0.25, 0.3) is 0 Å². The van der Waals surface area contributed by atoms with Gasteiger partial charge in [0, 0.05) is 18.8 Å². The van der Waals surface area contributed by atoms with Crippen LogP contribution in [0.25, 0.3) is 0 Å². The number of aldehydes is 1. The van der Waals surface area contributed by atoms with Crippen LogP contribution in [0.1, 0.15) is 12.5 Å². The van der Waals surface area contributed by atoms with Crippen LogP contribution in [0.2, 0.25) is 0 Å². The predicted octanol–water partition coefficient (Wildman–Crippen LogP) is 3.21. The van der Waals surface area contributed by atoms with E-state index in [0.29, 0.717) is 6.42 Å². The van der Waals surface area contributed by atoms with Crippen LogP contribution in [0.4, 0.5) is 39.5 Å². The molecule has 1 rings (SSSR count). The molecule has 0 saturated carbocycles. The molecular weight excluding hydrogens is 417 g/mol. The molecule has 14 heteroatoms. The van der Waals surface area contributed by atoms with Gasteiger partial charge in [0.15, 0.2) is 0 Å². The second kappa shape index (κ2) is 11.1. The van der Waals surface area contributed by atoms with Gasteiger partial charge in [0.05, 0.1) is 0 Å². The molecule has 1 heterocycles. The fraction of sp³-hybridized carbons (Fsp3) is 0.357. The lowest BCUT2D eigenvalue weighted by molar-refractivity contribution is -0.193. The van der Waals surface area contributed by atoms with Gasteiger partial charge in [0.1, 0.15) is 5.78 Å². The van der Waals surface area contributed by atoms with E-state index in [1.54, 1.807) is 19.3 Å². The Balaban J connectivity index is 0. The normalized spacial score (nSPS) is 11.2. The van der Waals surface area contributed by atoms with E-state index >= 15 is 0 Å². The second-order valence-corrected chi connectivity index (χ2v) is 4.55. The van der Waals surface area contributed by atoms with Crippen molar-refractivity contribution in [2.24, 2.45) is 0 Å². The Morgan fingerprint density at radius 3 is 1.54 bits per heavy atom. The zero-order chi connectivity index (χ0) is 22.8. The van der Waals surface area contributed by atoms with Crippen molar-refractivity contribution >= 4 is 23.6 Å². The number of hydrogen-bond acceptors (Lipinski definition) is 5. The minimum atomic E-state index is -5.77. The summed E-state index contributed by atoms with van der Waals surface area (Å²) in [6, 6.07) is 3.73. The van der Waals surface area contributed by atoms with Crippen molar-refractivity contribution in [2.75, 3.05) is 0 Å². The smallest absolute Gasteiger partial charge is 0.300 e. The first-order valence-electron chi connectivity index (χ1n) is 6.56. The maximum absolute atomic E-state index is 11.2. The van der Waals surface area contributed by atoms with E-state index in [1.165, 1.54) is 0 Å². The Hall–Kier alpha value is -2.80. The molecule has 0 fully saturated rings. The molecule has 0 aliphatic carbocycles. The fourth-order valence-electron chi connectivity index (χ4n) is 1.05. The van der Waals surface area contributed by atoms with Gasteiger partial charge < -0.3 is 0 Å². The van der Waals surface area contributed by atoms with Gasteiger partial charge in [-0.25, -0.2) is 0 Å². The number of rotatable bonds is 3. The highest BCUT2D eigenvalue weighted by Crippen LogP contribution is 2.24. The molecule has 0 spiro atoms. The van der Waals surface area contributed by atoms with Gasteiger partial charge in [-0.1, -0.05) is 6.07 Å². The molecule has 0 aliphatic rings. The molecule has 0 N–H and O–H groups in total. The maximum atomic E-state index is 11.2. The molecular formula is C14H10F9NO4. The van der Waals surface area contributed by atoms with Crippen LogP contribution in [0.15, 0.2) is 24.5 Å². The van der Waals surface area contributed by atoms with Crippen LogP contribution in [-0.4, -0.2) is 47.1 Å². The third-order valence-electron chi connectivity index (χ3n) is 2.03. The number of halogens is 9. The van der Waals surface area contributed by atoms with Crippen LogP contribution in [0.5, 0.6) is 0 Å². The van der Waals surface area contributed by atoms with Crippen LogP contribution in [0, 0.1) is 0 Å². The van der Waals surface area contributed by atoms with Crippen molar-refractivity contribution in [3.63, 3.8) is 0 Å². The largest absolute Gasteiger partial charge is 0.458 e. The quantitative estimate of drug-likeness (QED) is 0.421. The van der Waals surface area contributed by atoms with Crippen LogP contribution < -0.4 is 0 Å². The summed E-state index contributed by atoms with van der Waals surface area (Å²) in [7, 11) is 0. The first-order valence-corrected chi connectivity index (χ1v) is 6.56. The first-order chi connectivity index (χ1) is 12.4. The topological polar surface area (TPSA) is 81.2 Å². The van der Waals surface area contributed by atoms with Crippen LogP contribution >= 0.6 is 0 Å². The van der Waals surface area contributed by atoms with E-state index in [4.69, 9.17) is 4.79 Å². The summed E-state index contributed by atoms with van der Waals surface area (Å²) in [5.41, 5.74) is 0.981. The number of aromatic nitrogens is 1. The lowest BCUT2D eigenvalue weighted by Gasteiger charge is -2.05. The monoisotopic (exact) mass is 427 g/mol. The Morgan fingerprint density at radius 1 is 0.929 bits per heavy atom. The van der Waals surface area contributed by atoms with Gasteiger partial charge in [-0.05, 0) is 18.6 Å².